The number of likely N-dealkylation sites (tertiary alicyclic amines) is 1. The Kier molecular flexibility index (Phi) is 8.39. The topological polar surface area (TPSA) is 114 Å². The largest absolute Gasteiger partial charge is 0.481 e. The molecule has 2 aliphatic rings. The zero-order valence-electron chi connectivity index (χ0n) is 19.9. The Labute approximate surface area is 213 Å². The van der Waals surface area contributed by atoms with Gasteiger partial charge in [-0.25, -0.2) is 22.5 Å². The maximum atomic E-state index is 14.6. The van der Waals surface area contributed by atoms with Crippen LogP contribution in [0, 0.1) is 11.7 Å². The third-order valence-corrected chi connectivity index (χ3v) is 8.20. The van der Waals surface area contributed by atoms with Crippen LogP contribution in [0.2, 0.25) is 0 Å². The number of rotatable bonds is 9. The summed E-state index contributed by atoms with van der Waals surface area (Å²) in [7, 11) is -2.25. The lowest BCUT2D eigenvalue weighted by atomic mass is 10.1. The molecular weight excluding hydrogens is 505 g/mol. The van der Waals surface area contributed by atoms with Crippen LogP contribution >= 0.6 is 11.8 Å². The van der Waals surface area contributed by atoms with Crippen molar-refractivity contribution in [2.75, 3.05) is 39.0 Å². The first-order valence-electron chi connectivity index (χ1n) is 11.5. The lowest BCUT2D eigenvalue weighted by molar-refractivity contribution is -0.117. The first-order valence-corrected chi connectivity index (χ1v) is 14.0. The number of ether oxygens (including phenoxy) is 1. The number of halogens is 1. The number of aromatic nitrogens is 2. The second-order valence-corrected chi connectivity index (χ2v) is 11.2. The van der Waals surface area contributed by atoms with E-state index in [1.165, 1.54) is 25.1 Å². The van der Waals surface area contributed by atoms with Gasteiger partial charge in [0.05, 0.1) is 41.2 Å². The van der Waals surface area contributed by atoms with Gasteiger partial charge < -0.3 is 15.0 Å². The lowest BCUT2D eigenvalue weighted by Gasteiger charge is -2.19. The van der Waals surface area contributed by atoms with Crippen molar-refractivity contribution < 1.29 is 22.3 Å². The highest BCUT2D eigenvalue weighted by molar-refractivity contribution is 8.04. The Morgan fingerprint density at radius 2 is 2.25 bits per heavy atom. The predicted octanol–water partition coefficient (Wildman–Crippen LogP) is 2.34. The fourth-order valence-electron chi connectivity index (χ4n) is 4.21. The number of carbonyl (C=O) groups excluding carboxylic acids is 1. The second kappa shape index (κ2) is 11.5. The monoisotopic (exact) mass is 533 g/mol. The van der Waals surface area contributed by atoms with Crippen LogP contribution in [-0.4, -0.2) is 68.2 Å². The Bertz CT molecular complexity index is 1330. The number of hydrogen-bond donors (Lipinski definition) is 2. The van der Waals surface area contributed by atoms with Crippen LogP contribution < -0.4 is 14.8 Å². The first-order chi connectivity index (χ1) is 17.3. The number of pyridine rings is 2. The number of carbonyl (C=O) groups is 1. The molecule has 0 bridgehead atoms. The van der Waals surface area contributed by atoms with Gasteiger partial charge in [0.1, 0.15) is 5.82 Å². The van der Waals surface area contributed by atoms with Gasteiger partial charge in [-0.05, 0) is 37.4 Å². The molecule has 2 aliphatic heterocycles. The number of nitrogens with zero attached hydrogens (tertiary/aromatic N) is 3. The first kappa shape index (κ1) is 26.3. The van der Waals surface area contributed by atoms with Gasteiger partial charge >= 0.3 is 0 Å². The molecule has 2 fully saturated rings. The zero-order valence-corrected chi connectivity index (χ0v) is 21.5. The lowest BCUT2D eigenvalue weighted by Crippen LogP contribution is -2.33. The summed E-state index contributed by atoms with van der Waals surface area (Å²) in [6.07, 6.45) is 5.70. The normalized spacial score (nSPS) is 21.3. The molecule has 0 aromatic carbocycles. The van der Waals surface area contributed by atoms with E-state index in [9.17, 15) is 17.6 Å². The van der Waals surface area contributed by atoms with Gasteiger partial charge in [0, 0.05) is 36.2 Å². The molecule has 36 heavy (non-hydrogen) atoms. The second-order valence-electron chi connectivity index (χ2n) is 8.54. The van der Waals surface area contributed by atoms with Crippen molar-refractivity contribution in [2.24, 2.45) is 5.92 Å². The maximum Gasteiger partial charge on any atom is 0.235 e. The van der Waals surface area contributed by atoms with Crippen molar-refractivity contribution in [3.63, 3.8) is 0 Å². The molecule has 192 valence electrons. The van der Waals surface area contributed by atoms with Gasteiger partial charge in [-0.15, -0.1) is 11.8 Å². The molecule has 2 saturated heterocycles. The molecule has 0 spiro atoms. The molecule has 4 rings (SSSR count). The van der Waals surface area contributed by atoms with E-state index in [-0.39, 0.29) is 29.8 Å². The minimum atomic E-state index is -3.76. The molecule has 9 nitrogen and oxygen atoms in total. The quantitative estimate of drug-likeness (QED) is 0.505. The van der Waals surface area contributed by atoms with Crippen molar-refractivity contribution in [3.8, 4) is 5.88 Å². The minimum absolute atomic E-state index is 0.119. The summed E-state index contributed by atoms with van der Waals surface area (Å²) in [6.45, 7) is 5.99. The number of methoxy groups -OCH3 is 1. The summed E-state index contributed by atoms with van der Waals surface area (Å²) in [6, 6.07) is 3.45. The molecular formula is C24H28FN5O4S2. The molecule has 12 heteroatoms. The third-order valence-electron chi connectivity index (χ3n) is 6.01. The van der Waals surface area contributed by atoms with Crippen molar-refractivity contribution in [3.05, 3.63) is 64.5 Å². The highest BCUT2D eigenvalue weighted by Gasteiger charge is 2.25. The van der Waals surface area contributed by atoms with E-state index >= 15 is 0 Å². The fourth-order valence-corrected chi connectivity index (χ4v) is 6.15. The molecule has 0 aliphatic carbocycles. The van der Waals surface area contributed by atoms with Crippen molar-refractivity contribution >= 4 is 38.7 Å². The highest BCUT2D eigenvalue weighted by atomic mass is 32.2. The summed E-state index contributed by atoms with van der Waals surface area (Å²) in [5.41, 5.74) is 1.83. The summed E-state index contributed by atoms with van der Waals surface area (Å²) < 4.78 is 47.7. The predicted molar refractivity (Wildman–Crippen MR) is 138 cm³/mol. The van der Waals surface area contributed by atoms with Crippen LogP contribution in [0.4, 0.5) is 4.39 Å². The fraction of sp³-hybridized carbons (Fsp3) is 0.375. The van der Waals surface area contributed by atoms with Crippen molar-refractivity contribution in [2.45, 2.75) is 12.8 Å². The van der Waals surface area contributed by atoms with Gasteiger partial charge in [0.2, 0.25) is 21.8 Å². The van der Waals surface area contributed by atoms with Crippen LogP contribution in [-0.2, 0) is 21.2 Å². The molecule has 1 atom stereocenters. The van der Waals surface area contributed by atoms with E-state index < -0.39 is 15.8 Å². The van der Waals surface area contributed by atoms with Gasteiger partial charge in [0.25, 0.3) is 0 Å². The van der Waals surface area contributed by atoms with E-state index in [0.29, 0.717) is 46.9 Å². The van der Waals surface area contributed by atoms with Crippen molar-refractivity contribution in [1.29, 1.82) is 0 Å². The van der Waals surface area contributed by atoms with Crippen LogP contribution in [0.1, 0.15) is 12.0 Å². The molecule has 2 aromatic rings. The van der Waals surface area contributed by atoms with E-state index in [1.54, 1.807) is 24.3 Å². The number of fused-ring (bicyclic) bond motifs is 1. The summed E-state index contributed by atoms with van der Waals surface area (Å²) in [4.78, 5) is 23.0. The number of hydrogen-bond acceptors (Lipinski definition) is 8. The number of amides is 1. The van der Waals surface area contributed by atoms with Crippen LogP contribution in [0.25, 0.3) is 11.0 Å². The Morgan fingerprint density at radius 3 is 3.03 bits per heavy atom. The molecule has 4 heterocycles. The van der Waals surface area contributed by atoms with Gasteiger partial charge in [-0.3, -0.25) is 9.78 Å². The highest BCUT2D eigenvalue weighted by Crippen LogP contribution is 2.27. The molecule has 0 unspecified atom stereocenters. The Balaban J connectivity index is 1.34. The summed E-state index contributed by atoms with van der Waals surface area (Å²) in [5.74, 6) is 0.0939. The van der Waals surface area contributed by atoms with E-state index in [2.05, 4.69) is 31.5 Å². The summed E-state index contributed by atoms with van der Waals surface area (Å²) in [5, 5.41) is 3.66. The van der Waals surface area contributed by atoms with Gasteiger partial charge in [-0.1, -0.05) is 12.7 Å². The van der Waals surface area contributed by atoms with Gasteiger partial charge in [0.15, 0.2) is 0 Å². The van der Waals surface area contributed by atoms with E-state index in [1.807, 2.05) is 0 Å². The number of nitrogens with one attached hydrogen (secondary N) is 2. The zero-order chi connectivity index (χ0) is 25.7. The molecule has 0 saturated carbocycles. The standard InChI is InChI=1S/C24H28FN5O4S2/c1-3-4-21-20(28-22(31)14-35-21)15-36(32,33)27-11-16-7-9-30(13-16)10-8-17-18(25)12-26-19-5-6-23(34-2)29-24(17)19/h3-6,12,15-16,27H,1,7-11,13-14H2,2H3,(H,28,31)/b20-15+,21-4+/t16-/m1/s1. The van der Waals surface area contributed by atoms with Crippen molar-refractivity contribution in [1.82, 2.24) is 24.9 Å². The van der Waals surface area contributed by atoms with Crippen LogP contribution in [0.15, 0.2) is 53.1 Å². The minimum Gasteiger partial charge on any atom is -0.481 e. The van der Waals surface area contributed by atoms with Crippen LogP contribution in [0.3, 0.4) is 0 Å². The average molecular weight is 534 g/mol. The van der Waals surface area contributed by atoms with E-state index in [4.69, 9.17) is 4.74 Å². The SMILES string of the molecule is C=C/C=C1/SCC(=O)N/C1=C/S(=O)(=O)NC[C@H]1CCN(CCc2c(F)cnc3ccc(OC)nc23)C1. The molecule has 2 N–H and O–H groups in total. The smallest absolute Gasteiger partial charge is 0.235 e. The molecule has 1 amide bonds. The molecule has 0 radical (unpaired) electrons. The van der Waals surface area contributed by atoms with Crippen LogP contribution in [0.5, 0.6) is 5.88 Å². The third kappa shape index (κ3) is 6.49. The maximum absolute atomic E-state index is 14.6. The Hall–Kier alpha value is -2.80. The number of allylic oxidation sites excluding steroid dienone is 2. The number of sulfonamides is 1. The number of thioether (sulfide) groups is 1. The average Bonchev–Trinajstić information content (AvgIpc) is 3.31. The Morgan fingerprint density at radius 1 is 1.42 bits per heavy atom. The summed E-state index contributed by atoms with van der Waals surface area (Å²) >= 11 is 1.26. The van der Waals surface area contributed by atoms with Gasteiger partial charge in [-0.2, -0.15) is 0 Å². The molecule has 2 aromatic heterocycles. The van der Waals surface area contributed by atoms with E-state index in [0.717, 1.165) is 18.4 Å².